The van der Waals surface area contributed by atoms with Crippen LogP contribution < -0.4 is 5.32 Å². The van der Waals surface area contributed by atoms with Crippen LogP contribution in [0.5, 0.6) is 0 Å². The van der Waals surface area contributed by atoms with E-state index in [9.17, 15) is 9.59 Å². The second kappa shape index (κ2) is 9.84. The first-order valence-electron chi connectivity index (χ1n) is 8.19. The zero-order chi connectivity index (χ0) is 18.1. The number of amides is 1. The number of anilines is 1. The number of rotatable bonds is 8. The zero-order valence-corrected chi connectivity index (χ0v) is 15.3. The lowest BCUT2D eigenvalue weighted by atomic mass is 10.1. The van der Waals surface area contributed by atoms with Crippen LogP contribution in [0.3, 0.4) is 0 Å². The average molecular weight is 358 g/mol. The number of nitrogens with one attached hydrogen (secondary N) is 1. The number of nitrogens with zero attached hydrogens (tertiary/aromatic N) is 1. The summed E-state index contributed by atoms with van der Waals surface area (Å²) in [6, 6.07) is 11.0. The molecule has 1 N–H and O–H groups in total. The van der Waals surface area contributed by atoms with Crippen molar-refractivity contribution < 1.29 is 14.3 Å². The summed E-state index contributed by atoms with van der Waals surface area (Å²) < 4.78 is 5.08. The molecule has 0 aliphatic rings. The molecule has 1 amide bonds. The Labute approximate surface area is 152 Å². The molecule has 1 heterocycles. The van der Waals surface area contributed by atoms with Gasteiger partial charge in [0.15, 0.2) is 6.61 Å². The molecule has 5 nitrogen and oxygen atoms in total. The van der Waals surface area contributed by atoms with Crippen molar-refractivity contribution in [3.63, 3.8) is 0 Å². The Hall–Kier alpha value is -2.34. The maximum Gasteiger partial charge on any atom is 0.341 e. The van der Waals surface area contributed by atoms with Gasteiger partial charge in [0.2, 0.25) is 0 Å². The molecule has 0 fully saturated rings. The number of benzene rings is 1. The van der Waals surface area contributed by atoms with Gasteiger partial charge in [-0.2, -0.15) is 0 Å². The lowest BCUT2D eigenvalue weighted by Gasteiger charge is -2.08. The summed E-state index contributed by atoms with van der Waals surface area (Å²) in [6.45, 7) is 1.82. The van der Waals surface area contributed by atoms with E-state index in [1.54, 1.807) is 18.3 Å². The molecule has 0 bridgehead atoms. The summed E-state index contributed by atoms with van der Waals surface area (Å²) in [5, 5.41) is 3.30. The predicted octanol–water partition coefficient (Wildman–Crippen LogP) is 3.94. The third-order valence-corrected chi connectivity index (χ3v) is 4.29. The minimum absolute atomic E-state index is 0.334. The van der Waals surface area contributed by atoms with E-state index in [0.717, 1.165) is 19.3 Å². The molecule has 0 radical (unpaired) electrons. The third kappa shape index (κ3) is 5.90. The van der Waals surface area contributed by atoms with Crippen LogP contribution in [0.1, 0.15) is 35.7 Å². The van der Waals surface area contributed by atoms with Gasteiger partial charge in [-0.15, -0.1) is 11.8 Å². The van der Waals surface area contributed by atoms with Crippen LogP contribution in [0.25, 0.3) is 0 Å². The predicted molar refractivity (Wildman–Crippen MR) is 100.0 cm³/mol. The number of esters is 1. The minimum atomic E-state index is -0.553. The van der Waals surface area contributed by atoms with Gasteiger partial charge >= 0.3 is 5.97 Å². The highest BCUT2D eigenvalue weighted by atomic mass is 32.2. The largest absolute Gasteiger partial charge is 0.452 e. The third-order valence-electron chi connectivity index (χ3n) is 3.58. The minimum Gasteiger partial charge on any atom is -0.452 e. The smallest absolute Gasteiger partial charge is 0.341 e. The van der Waals surface area contributed by atoms with E-state index >= 15 is 0 Å². The van der Waals surface area contributed by atoms with Crippen molar-refractivity contribution >= 4 is 29.3 Å². The normalized spacial score (nSPS) is 10.3. The Morgan fingerprint density at radius 1 is 1.20 bits per heavy atom. The summed E-state index contributed by atoms with van der Waals surface area (Å²) in [7, 11) is 0. The molecule has 0 aliphatic carbocycles. The summed E-state index contributed by atoms with van der Waals surface area (Å²) in [4.78, 5) is 28.1. The second-order valence-electron chi connectivity index (χ2n) is 5.49. The summed E-state index contributed by atoms with van der Waals surface area (Å²) in [6.07, 6.45) is 6.77. The van der Waals surface area contributed by atoms with E-state index < -0.39 is 5.97 Å². The van der Waals surface area contributed by atoms with Crippen LogP contribution in [-0.2, 0) is 16.0 Å². The monoisotopic (exact) mass is 358 g/mol. The summed E-state index contributed by atoms with van der Waals surface area (Å²) in [5.41, 5.74) is 2.29. The number of pyridine rings is 1. The van der Waals surface area contributed by atoms with Crippen LogP contribution >= 0.6 is 11.8 Å². The van der Waals surface area contributed by atoms with E-state index in [1.807, 2.05) is 30.5 Å². The number of unbranched alkanes of at least 4 members (excludes halogenated alkanes) is 1. The summed E-state index contributed by atoms with van der Waals surface area (Å²) >= 11 is 1.35. The maximum atomic E-state index is 12.1. The molecule has 0 unspecified atom stereocenters. The molecule has 0 saturated heterocycles. The highest BCUT2D eigenvalue weighted by Gasteiger charge is 2.14. The van der Waals surface area contributed by atoms with Crippen LogP contribution in [-0.4, -0.2) is 29.7 Å². The molecule has 0 atom stereocenters. The van der Waals surface area contributed by atoms with Crippen molar-refractivity contribution in [2.24, 2.45) is 0 Å². The molecule has 0 saturated carbocycles. The quantitative estimate of drug-likeness (QED) is 0.572. The van der Waals surface area contributed by atoms with Crippen LogP contribution in [0, 0.1) is 0 Å². The van der Waals surface area contributed by atoms with Gasteiger partial charge in [-0.25, -0.2) is 9.78 Å². The van der Waals surface area contributed by atoms with Gasteiger partial charge in [-0.1, -0.05) is 25.5 Å². The fraction of sp³-hybridized carbons (Fsp3) is 0.316. The molecule has 132 valence electrons. The lowest BCUT2D eigenvalue weighted by Crippen LogP contribution is -2.21. The summed E-state index contributed by atoms with van der Waals surface area (Å²) in [5.74, 6) is -0.924. The zero-order valence-electron chi connectivity index (χ0n) is 14.5. The average Bonchev–Trinajstić information content (AvgIpc) is 2.65. The number of thioether (sulfide) groups is 1. The molecule has 2 rings (SSSR count). The van der Waals surface area contributed by atoms with E-state index in [2.05, 4.69) is 17.2 Å². The maximum absolute atomic E-state index is 12.1. The first-order chi connectivity index (χ1) is 12.1. The number of hydrogen-bond acceptors (Lipinski definition) is 5. The van der Waals surface area contributed by atoms with Gasteiger partial charge in [0, 0.05) is 11.9 Å². The molecule has 1 aromatic carbocycles. The first-order valence-corrected chi connectivity index (χ1v) is 9.41. The topological polar surface area (TPSA) is 68.3 Å². The van der Waals surface area contributed by atoms with Crippen molar-refractivity contribution in [1.29, 1.82) is 0 Å². The highest BCUT2D eigenvalue weighted by Crippen LogP contribution is 2.17. The Balaban J connectivity index is 1.85. The Morgan fingerprint density at radius 2 is 1.96 bits per heavy atom. The second-order valence-corrected chi connectivity index (χ2v) is 6.28. The molecular weight excluding hydrogens is 336 g/mol. The number of hydrogen-bond donors (Lipinski definition) is 1. The number of aromatic nitrogens is 1. The lowest BCUT2D eigenvalue weighted by molar-refractivity contribution is -0.119. The molecule has 6 heteroatoms. The van der Waals surface area contributed by atoms with Crippen molar-refractivity contribution in [3.8, 4) is 0 Å². The van der Waals surface area contributed by atoms with Crippen molar-refractivity contribution in [2.45, 2.75) is 31.2 Å². The van der Waals surface area contributed by atoms with Gasteiger partial charge in [0.05, 0.1) is 5.56 Å². The van der Waals surface area contributed by atoms with Crippen LogP contribution in [0.15, 0.2) is 47.6 Å². The standard InChI is InChI=1S/C19H22N2O3S/c1-3-4-6-14-8-10-15(11-9-14)21-17(22)13-24-19(23)16-7-5-12-20-18(16)25-2/h5,7-12H,3-4,6,13H2,1-2H3,(H,21,22). The van der Waals surface area contributed by atoms with Gasteiger partial charge in [0.25, 0.3) is 5.91 Å². The van der Waals surface area contributed by atoms with E-state index in [0.29, 0.717) is 16.3 Å². The Kier molecular flexibility index (Phi) is 7.47. The van der Waals surface area contributed by atoms with Crippen molar-refractivity contribution in [2.75, 3.05) is 18.2 Å². The number of ether oxygens (including phenoxy) is 1. The fourth-order valence-corrected chi connectivity index (χ4v) is 2.79. The van der Waals surface area contributed by atoms with Gasteiger partial charge in [-0.05, 0) is 48.9 Å². The molecule has 1 aromatic heterocycles. The molecule has 0 spiro atoms. The SMILES string of the molecule is CCCCc1ccc(NC(=O)COC(=O)c2cccnc2SC)cc1. The first kappa shape index (κ1) is 19.0. The van der Waals surface area contributed by atoms with Gasteiger partial charge < -0.3 is 10.1 Å². The highest BCUT2D eigenvalue weighted by molar-refractivity contribution is 7.98. The Morgan fingerprint density at radius 3 is 2.64 bits per heavy atom. The van der Waals surface area contributed by atoms with Gasteiger partial charge in [0.1, 0.15) is 5.03 Å². The van der Waals surface area contributed by atoms with Gasteiger partial charge in [-0.3, -0.25) is 4.79 Å². The number of aryl methyl sites for hydroxylation is 1. The van der Waals surface area contributed by atoms with Crippen LogP contribution in [0.4, 0.5) is 5.69 Å². The number of carbonyl (C=O) groups excluding carboxylic acids is 2. The van der Waals surface area contributed by atoms with Crippen molar-refractivity contribution in [1.82, 2.24) is 4.98 Å². The number of carbonyl (C=O) groups is 2. The van der Waals surface area contributed by atoms with E-state index in [-0.39, 0.29) is 12.5 Å². The van der Waals surface area contributed by atoms with E-state index in [1.165, 1.54) is 17.3 Å². The molecule has 25 heavy (non-hydrogen) atoms. The molecule has 0 aliphatic heterocycles. The van der Waals surface area contributed by atoms with Crippen LogP contribution in [0.2, 0.25) is 0 Å². The van der Waals surface area contributed by atoms with Crippen molar-refractivity contribution in [3.05, 3.63) is 53.7 Å². The van der Waals surface area contributed by atoms with E-state index in [4.69, 9.17) is 4.74 Å². The molecule has 2 aromatic rings. The fourth-order valence-electron chi connectivity index (χ4n) is 2.25. The Bertz CT molecular complexity index is 717. The molecular formula is C19H22N2O3S.